The molecule has 144 valence electrons. The molecule has 7 heteroatoms. The van der Waals surface area contributed by atoms with Gasteiger partial charge in [-0.3, -0.25) is 4.90 Å². The molecule has 0 bridgehead atoms. The molecule has 0 unspecified atom stereocenters. The van der Waals surface area contributed by atoms with Crippen LogP contribution in [0.3, 0.4) is 0 Å². The Labute approximate surface area is 170 Å². The van der Waals surface area contributed by atoms with Gasteiger partial charge in [0.2, 0.25) is 5.95 Å². The van der Waals surface area contributed by atoms with Crippen LogP contribution in [0.1, 0.15) is 5.56 Å². The number of morpholine rings is 1. The van der Waals surface area contributed by atoms with Crippen LogP contribution in [-0.2, 0) is 17.8 Å². The molecule has 3 aromatic rings. The van der Waals surface area contributed by atoms with E-state index >= 15 is 0 Å². The van der Waals surface area contributed by atoms with Crippen LogP contribution in [0.25, 0.3) is 11.0 Å². The number of halogens is 2. The van der Waals surface area contributed by atoms with Crippen molar-refractivity contribution in [2.24, 2.45) is 0 Å². The molecule has 1 aliphatic rings. The van der Waals surface area contributed by atoms with Crippen molar-refractivity contribution < 1.29 is 4.74 Å². The maximum atomic E-state index is 6.29. The molecule has 5 nitrogen and oxygen atoms in total. The minimum absolute atomic E-state index is 0. The first kappa shape index (κ1) is 20.0. The number of ether oxygens (including phenoxy) is 1. The Balaban J connectivity index is 0.00000210. The number of aromatic nitrogens is 2. The lowest BCUT2D eigenvalue weighted by Crippen LogP contribution is -2.38. The molecule has 2 aromatic carbocycles. The summed E-state index contributed by atoms with van der Waals surface area (Å²) >= 11 is 6.29. The number of hydrogen-bond donors (Lipinski definition) is 1. The van der Waals surface area contributed by atoms with Gasteiger partial charge < -0.3 is 14.6 Å². The first-order chi connectivity index (χ1) is 12.8. The van der Waals surface area contributed by atoms with Gasteiger partial charge in [0.25, 0.3) is 0 Å². The third-order valence-electron chi connectivity index (χ3n) is 4.79. The fourth-order valence-electron chi connectivity index (χ4n) is 3.32. The highest BCUT2D eigenvalue weighted by molar-refractivity contribution is 6.31. The fourth-order valence-corrected chi connectivity index (χ4v) is 3.52. The van der Waals surface area contributed by atoms with E-state index < -0.39 is 0 Å². The molecular weight excluding hydrogens is 383 g/mol. The molecule has 1 saturated heterocycles. The molecule has 4 rings (SSSR count). The van der Waals surface area contributed by atoms with Crippen LogP contribution in [0.4, 0.5) is 5.95 Å². The molecule has 1 aromatic heterocycles. The van der Waals surface area contributed by atoms with Gasteiger partial charge in [-0.05, 0) is 23.8 Å². The summed E-state index contributed by atoms with van der Waals surface area (Å²) in [6, 6.07) is 16.2. The van der Waals surface area contributed by atoms with Crippen LogP contribution < -0.4 is 5.32 Å². The van der Waals surface area contributed by atoms with Crippen molar-refractivity contribution in [1.29, 1.82) is 0 Å². The molecule has 1 N–H and O–H groups in total. The minimum atomic E-state index is 0. The Kier molecular flexibility index (Phi) is 6.96. The summed E-state index contributed by atoms with van der Waals surface area (Å²) in [5, 5.41) is 4.25. The number of nitrogens with one attached hydrogen (secondary N) is 1. The SMILES string of the molecule is Cl.Clc1ccccc1CNc1nc2ccccc2n1CCN1CCOCC1. The summed E-state index contributed by atoms with van der Waals surface area (Å²) < 4.78 is 7.71. The van der Waals surface area contributed by atoms with Crippen LogP contribution in [-0.4, -0.2) is 47.3 Å². The van der Waals surface area contributed by atoms with Gasteiger partial charge in [-0.15, -0.1) is 12.4 Å². The summed E-state index contributed by atoms with van der Waals surface area (Å²) in [6.07, 6.45) is 0. The standard InChI is InChI=1S/C20H23ClN4O.ClH/c21-17-6-2-1-5-16(17)15-22-20-23-18-7-3-4-8-19(18)25(20)10-9-24-11-13-26-14-12-24;/h1-8H,9-15H2,(H,22,23);1H. The number of imidazole rings is 1. The molecule has 0 radical (unpaired) electrons. The zero-order chi connectivity index (χ0) is 17.8. The maximum absolute atomic E-state index is 6.29. The number of benzene rings is 2. The highest BCUT2D eigenvalue weighted by Crippen LogP contribution is 2.22. The number of fused-ring (bicyclic) bond motifs is 1. The number of nitrogens with zero attached hydrogens (tertiary/aromatic N) is 3. The normalized spacial score (nSPS) is 14.9. The summed E-state index contributed by atoms with van der Waals surface area (Å²) in [6.45, 7) is 6.17. The quantitative estimate of drug-likeness (QED) is 0.670. The Hall–Kier alpha value is -1.79. The van der Waals surface area contributed by atoms with Gasteiger partial charge in [0.05, 0.1) is 24.2 Å². The van der Waals surface area contributed by atoms with Crippen molar-refractivity contribution in [2.45, 2.75) is 13.1 Å². The second-order valence-corrected chi connectivity index (χ2v) is 6.88. The average molecular weight is 407 g/mol. The second-order valence-electron chi connectivity index (χ2n) is 6.47. The van der Waals surface area contributed by atoms with Crippen LogP contribution in [0.5, 0.6) is 0 Å². The van der Waals surface area contributed by atoms with Gasteiger partial charge in [0.1, 0.15) is 0 Å². The lowest BCUT2D eigenvalue weighted by atomic mass is 10.2. The van der Waals surface area contributed by atoms with Crippen molar-refractivity contribution in [3.63, 3.8) is 0 Å². The molecule has 0 atom stereocenters. The van der Waals surface area contributed by atoms with E-state index in [0.717, 1.165) is 67.0 Å². The number of anilines is 1. The Bertz CT molecular complexity index is 877. The smallest absolute Gasteiger partial charge is 0.204 e. The van der Waals surface area contributed by atoms with Crippen LogP contribution in [0, 0.1) is 0 Å². The monoisotopic (exact) mass is 406 g/mol. The summed E-state index contributed by atoms with van der Waals surface area (Å²) in [7, 11) is 0. The van der Waals surface area contributed by atoms with Gasteiger partial charge in [-0.1, -0.05) is 41.9 Å². The molecule has 2 heterocycles. The van der Waals surface area contributed by atoms with Crippen molar-refractivity contribution in [3.05, 3.63) is 59.1 Å². The maximum Gasteiger partial charge on any atom is 0.204 e. The highest BCUT2D eigenvalue weighted by Gasteiger charge is 2.14. The number of hydrogen-bond acceptors (Lipinski definition) is 4. The van der Waals surface area contributed by atoms with Gasteiger partial charge in [-0.2, -0.15) is 0 Å². The predicted molar refractivity (Wildman–Crippen MR) is 113 cm³/mol. The first-order valence-electron chi connectivity index (χ1n) is 9.04. The zero-order valence-electron chi connectivity index (χ0n) is 15.1. The van der Waals surface area contributed by atoms with E-state index in [0.29, 0.717) is 6.54 Å². The van der Waals surface area contributed by atoms with Crippen molar-refractivity contribution >= 4 is 41.0 Å². The topological polar surface area (TPSA) is 42.3 Å². The molecule has 0 aliphatic carbocycles. The van der Waals surface area contributed by atoms with Crippen molar-refractivity contribution in [1.82, 2.24) is 14.5 Å². The van der Waals surface area contributed by atoms with Crippen LogP contribution in [0.15, 0.2) is 48.5 Å². The van der Waals surface area contributed by atoms with Crippen molar-refractivity contribution in [2.75, 3.05) is 38.2 Å². The number of rotatable bonds is 6. The largest absolute Gasteiger partial charge is 0.379 e. The Morgan fingerprint density at radius 1 is 1.00 bits per heavy atom. The molecule has 0 spiro atoms. The van der Waals surface area contributed by atoms with E-state index in [-0.39, 0.29) is 12.4 Å². The molecular formula is C20H24Cl2N4O. The van der Waals surface area contributed by atoms with Crippen LogP contribution in [0.2, 0.25) is 5.02 Å². The number of para-hydroxylation sites is 2. The van der Waals surface area contributed by atoms with E-state index in [1.165, 1.54) is 0 Å². The molecule has 0 saturated carbocycles. The molecule has 0 amide bonds. The summed E-state index contributed by atoms with van der Waals surface area (Å²) in [4.78, 5) is 7.23. The van der Waals surface area contributed by atoms with Crippen molar-refractivity contribution in [3.8, 4) is 0 Å². The summed E-state index contributed by atoms with van der Waals surface area (Å²) in [5.41, 5.74) is 3.24. The molecule has 1 aliphatic heterocycles. The lowest BCUT2D eigenvalue weighted by molar-refractivity contribution is 0.0366. The second kappa shape index (κ2) is 9.42. The Morgan fingerprint density at radius 2 is 1.74 bits per heavy atom. The minimum Gasteiger partial charge on any atom is -0.379 e. The lowest BCUT2D eigenvalue weighted by Gasteiger charge is -2.27. The van der Waals surface area contributed by atoms with E-state index in [1.54, 1.807) is 0 Å². The zero-order valence-corrected chi connectivity index (χ0v) is 16.7. The first-order valence-corrected chi connectivity index (χ1v) is 9.42. The third-order valence-corrected chi connectivity index (χ3v) is 5.16. The van der Waals surface area contributed by atoms with Crippen LogP contribution >= 0.6 is 24.0 Å². The molecule has 27 heavy (non-hydrogen) atoms. The third kappa shape index (κ3) is 4.74. The van der Waals surface area contributed by atoms with Gasteiger partial charge >= 0.3 is 0 Å². The van der Waals surface area contributed by atoms with E-state index in [1.807, 2.05) is 30.3 Å². The Morgan fingerprint density at radius 3 is 2.56 bits per heavy atom. The highest BCUT2D eigenvalue weighted by atomic mass is 35.5. The van der Waals surface area contributed by atoms with Gasteiger partial charge in [0.15, 0.2) is 0 Å². The predicted octanol–water partition coefficient (Wildman–Crippen LogP) is 4.06. The summed E-state index contributed by atoms with van der Waals surface area (Å²) in [5.74, 6) is 0.888. The van der Waals surface area contributed by atoms with E-state index in [2.05, 4.69) is 33.0 Å². The average Bonchev–Trinajstić information content (AvgIpc) is 3.04. The van der Waals surface area contributed by atoms with Gasteiger partial charge in [-0.25, -0.2) is 4.98 Å². The fraction of sp³-hybridized carbons (Fsp3) is 0.350. The molecule has 1 fully saturated rings. The van der Waals surface area contributed by atoms with Gasteiger partial charge in [0, 0.05) is 37.7 Å². The van der Waals surface area contributed by atoms with E-state index in [9.17, 15) is 0 Å². The van der Waals surface area contributed by atoms with E-state index in [4.69, 9.17) is 21.3 Å².